The summed E-state index contributed by atoms with van der Waals surface area (Å²) in [6.45, 7) is 1.38. The number of aromatic amines is 1. The van der Waals surface area contributed by atoms with E-state index in [4.69, 9.17) is 5.11 Å². The van der Waals surface area contributed by atoms with Gasteiger partial charge in [0.1, 0.15) is 0 Å². The molecule has 0 radical (unpaired) electrons. The van der Waals surface area contributed by atoms with Crippen molar-refractivity contribution in [2.75, 3.05) is 0 Å². The van der Waals surface area contributed by atoms with Crippen molar-refractivity contribution in [3.05, 3.63) is 35.7 Å². The summed E-state index contributed by atoms with van der Waals surface area (Å²) in [6, 6.07) is 4.45. The number of nitrogens with one attached hydrogen (secondary N) is 1. The van der Waals surface area contributed by atoms with E-state index in [1.807, 2.05) is 0 Å². The van der Waals surface area contributed by atoms with E-state index in [0.29, 0.717) is 0 Å². The summed E-state index contributed by atoms with van der Waals surface area (Å²) < 4.78 is 24.3. The van der Waals surface area contributed by atoms with E-state index in [0.717, 1.165) is 0 Å². The number of carbonyl (C=O) groups is 1. The summed E-state index contributed by atoms with van der Waals surface area (Å²) in [5.41, 5.74) is -0.252. The van der Waals surface area contributed by atoms with E-state index < -0.39 is 15.8 Å². The number of carboxylic acid groups (broad SMARTS) is 1. The number of aromatic nitrogens is 3. The quantitative estimate of drug-likeness (QED) is 0.843. The molecule has 0 aliphatic heterocycles. The van der Waals surface area contributed by atoms with Crippen LogP contribution in [0.4, 0.5) is 0 Å². The number of nitrogens with zero attached hydrogens (tertiary/aromatic N) is 2. The van der Waals surface area contributed by atoms with Crippen LogP contribution >= 0.6 is 0 Å². The number of hydrogen-bond acceptors (Lipinski definition) is 5. The number of H-pyrrole nitrogens is 1. The molecule has 7 nitrogen and oxygen atoms in total. The van der Waals surface area contributed by atoms with Gasteiger partial charge in [-0.05, 0) is 19.1 Å². The lowest BCUT2D eigenvalue weighted by Gasteiger charge is -2.01. The Labute approximate surface area is 102 Å². The van der Waals surface area contributed by atoms with Gasteiger partial charge in [0.15, 0.2) is 15.7 Å². The highest BCUT2D eigenvalue weighted by atomic mass is 32.2. The van der Waals surface area contributed by atoms with Gasteiger partial charge < -0.3 is 5.11 Å². The molecule has 0 aliphatic rings. The van der Waals surface area contributed by atoms with E-state index in [9.17, 15) is 13.2 Å². The van der Waals surface area contributed by atoms with E-state index in [2.05, 4.69) is 15.2 Å². The fraction of sp³-hybridized carbons (Fsp3) is 0.100. The summed E-state index contributed by atoms with van der Waals surface area (Å²) >= 11 is 0. The largest absolute Gasteiger partial charge is 0.476 e. The third-order valence-corrected chi connectivity index (χ3v) is 4.08. The topological polar surface area (TPSA) is 113 Å². The van der Waals surface area contributed by atoms with Gasteiger partial charge in [-0.15, -0.1) is 0 Å². The van der Waals surface area contributed by atoms with Gasteiger partial charge in [0, 0.05) is 11.8 Å². The van der Waals surface area contributed by atoms with Crippen LogP contribution in [0.3, 0.4) is 0 Å². The van der Waals surface area contributed by atoms with Gasteiger partial charge in [-0.2, -0.15) is 5.10 Å². The molecule has 0 atom stereocenters. The van der Waals surface area contributed by atoms with Crippen molar-refractivity contribution in [3.8, 4) is 0 Å². The Hall–Kier alpha value is -2.22. The molecule has 0 aliphatic carbocycles. The van der Waals surface area contributed by atoms with Gasteiger partial charge in [0.05, 0.1) is 0 Å². The molecule has 0 unspecified atom stereocenters. The third-order valence-electron chi connectivity index (χ3n) is 2.35. The van der Waals surface area contributed by atoms with Crippen LogP contribution in [0.1, 0.15) is 16.1 Å². The fourth-order valence-corrected chi connectivity index (χ4v) is 2.79. The molecule has 0 bridgehead atoms. The minimum atomic E-state index is -3.87. The van der Waals surface area contributed by atoms with Gasteiger partial charge in [-0.3, -0.25) is 5.10 Å². The maximum atomic E-state index is 12.2. The number of hydrogen-bond donors (Lipinski definition) is 2. The highest BCUT2D eigenvalue weighted by Gasteiger charge is 2.27. The Morgan fingerprint density at radius 2 is 2.11 bits per heavy atom. The molecular weight excluding hydrogens is 258 g/mol. The Morgan fingerprint density at radius 3 is 2.61 bits per heavy atom. The van der Waals surface area contributed by atoms with Crippen molar-refractivity contribution < 1.29 is 18.3 Å². The second-order valence-electron chi connectivity index (χ2n) is 3.50. The zero-order chi connectivity index (χ0) is 13.3. The Morgan fingerprint density at radius 1 is 1.39 bits per heavy atom. The van der Waals surface area contributed by atoms with Crippen LogP contribution in [-0.2, 0) is 9.84 Å². The van der Waals surface area contributed by atoms with Gasteiger partial charge in [-0.1, -0.05) is 6.07 Å². The summed E-state index contributed by atoms with van der Waals surface area (Å²) in [7, 11) is -3.87. The maximum Gasteiger partial charge on any atom is 0.356 e. The Kier molecular flexibility index (Phi) is 2.87. The summed E-state index contributed by atoms with van der Waals surface area (Å²) in [5, 5.41) is 14.1. The normalized spacial score (nSPS) is 11.4. The first kappa shape index (κ1) is 12.2. The first-order chi connectivity index (χ1) is 8.44. The molecule has 18 heavy (non-hydrogen) atoms. The molecule has 0 fully saturated rings. The molecule has 0 saturated carbocycles. The van der Waals surface area contributed by atoms with E-state index >= 15 is 0 Å². The molecule has 2 N–H and O–H groups in total. The molecule has 0 amide bonds. The van der Waals surface area contributed by atoms with Crippen LogP contribution in [0.5, 0.6) is 0 Å². The zero-order valence-corrected chi connectivity index (χ0v) is 10.1. The number of carboxylic acids is 1. The van der Waals surface area contributed by atoms with E-state index in [-0.39, 0.29) is 21.3 Å². The second kappa shape index (κ2) is 4.22. The van der Waals surface area contributed by atoms with Crippen molar-refractivity contribution in [3.63, 3.8) is 0 Å². The fourth-order valence-electron chi connectivity index (χ4n) is 1.46. The van der Waals surface area contributed by atoms with Gasteiger partial charge in [-0.25, -0.2) is 18.2 Å². The molecule has 0 aromatic carbocycles. The van der Waals surface area contributed by atoms with E-state index in [1.54, 1.807) is 6.07 Å². The number of aromatic carboxylic acids is 1. The highest BCUT2D eigenvalue weighted by molar-refractivity contribution is 7.91. The van der Waals surface area contributed by atoms with Crippen molar-refractivity contribution in [1.82, 2.24) is 15.2 Å². The Balaban J connectivity index is 2.60. The van der Waals surface area contributed by atoms with Crippen LogP contribution in [0.15, 0.2) is 34.4 Å². The van der Waals surface area contributed by atoms with Crippen molar-refractivity contribution in [1.29, 1.82) is 0 Å². The number of rotatable bonds is 3. The van der Waals surface area contributed by atoms with Crippen LogP contribution in [0, 0.1) is 6.92 Å². The van der Waals surface area contributed by atoms with Crippen LogP contribution in [-0.4, -0.2) is 34.7 Å². The minimum Gasteiger partial charge on any atom is -0.476 e. The third kappa shape index (κ3) is 1.86. The Bertz CT molecular complexity index is 691. The molecule has 0 spiro atoms. The van der Waals surface area contributed by atoms with Gasteiger partial charge in [0.25, 0.3) is 0 Å². The first-order valence-corrected chi connectivity index (χ1v) is 6.37. The van der Waals surface area contributed by atoms with Crippen molar-refractivity contribution in [2.24, 2.45) is 0 Å². The molecule has 2 aromatic rings. The average molecular weight is 267 g/mol. The highest BCUT2D eigenvalue weighted by Crippen LogP contribution is 2.21. The zero-order valence-electron chi connectivity index (χ0n) is 9.28. The average Bonchev–Trinajstić information content (AvgIpc) is 2.73. The lowest BCUT2D eigenvalue weighted by molar-refractivity contribution is 0.0689. The maximum absolute atomic E-state index is 12.2. The monoisotopic (exact) mass is 267 g/mol. The molecule has 2 aromatic heterocycles. The predicted octanol–water partition coefficient (Wildman–Crippen LogP) is 0.644. The number of pyridine rings is 1. The molecule has 0 saturated heterocycles. The lowest BCUT2D eigenvalue weighted by Crippen LogP contribution is -2.06. The van der Waals surface area contributed by atoms with Gasteiger partial charge in [0.2, 0.25) is 9.84 Å². The molecule has 94 valence electrons. The summed E-state index contributed by atoms with van der Waals surface area (Å²) in [4.78, 5) is 14.5. The van der Waals surface area contributed by atoms with Crippen LogP contribution in [0.25, 0.3) is 0 Å². The molecule has 8 heteroatoms. The minimum absolute atomic E-state index is 0.0631. The van der Waals surface area contributed by atoms with Crippen LogP contribution < -0.4 is 0 Å². The predicted molar refractivity (Wildman–Crippen MR) is 60.0 cm³/mol. The lowest BCUT2D eigenvalue weighted by atomic mass is 10.3. The second-order valence-corrected chi connectivity index (χ2v) is 5.34. The van der Waals surface area contributed by atoms with E-state index in [1.165, 1.54) is 25.3 Å². The van der Waals surface area contributed by atoms with Gasteiger partial charge >= 0.3 is 5.97 Å². The summed E-state index contributed by atoms with van der Waals surface area (Å²) in [6.07, 6.45) is 1.34. The molecule has 2 heterocycles. The smallest absolute Gasteiger partial charge is 0.356 e. The van der Waals surface area contributed by atoms with Crippen LogP contribution in [0.2, 0.25) is 0 Å². The summed E-state index contributed by atoms with van der Waals surface area (Å²) in [5.74, 6) is -1.29. The molecule has 2 rings (SSSR count). The number of sulfone groups is 1. The molecular formula is C10H9N3O4S. The van der Waals surface area contributed by atoms with Crippen molar-refractivity contribution >= 4 is 15.8 Å². The van der Waals surface area contributed by atoms with Crippen molar-refractivity contribution in [2.45, 2.75) is 17.0 Å². The standard InChI is InChI=1S/C10H9N3O4S/c1-6-8(10(14)15)12-13-9(6)18(16,17)7-4-2-3-5-11-7/h2-5H,1H3,(H,12,13)(H,14,15). The SMILES string of the molecule is Cc1c(C(=O)O)n[nH]c1S(=O)(=O)c1ccccn1. The first-order valence-electron chi connectivity index (χ1n) is 4.89.